The van der Waals surface area contributed by atoms with Crippen LogP contribution in [-0.2, 0) is 14.3 Å². The lowest BCUT2D eigenvalue weighted by molar-refractivity contribution is -0.312. The Morgan fingerprint density at radius 2 is 0.925 bits per heavy atom. The molecule has 0 saturated carbocycles. The largest absolute Gasteiger partial charge is 0.497 e. The van der Waals surface area contributed by atoms with Crippen molar-refractivity contribution in [3.05, 3.63) is 83.9 Å². The standard InChI is InChI=1S/C18H17F5O3.C14H14O3.C4H5F5O/c1-10(16(24)26-11(2)17(19,20)18(21,22)23)12-4-5-14-9-15(25-3)7-6-13(14)8-12;1-9(14(15)16)10-3-4-12-8-13(17-2)6-5-11(12)7-10;1-2(10)3(5,6)4(7,8)9/h4-11H,1-3H3;3-9H,1-2H3,(H,15,16);2,10H,1H3/t10-,11-;9-;2-/m000/s1. The zero-order chi connectivity index (χ0) is 40.7. The molecular formula is C36H36F10O7. The van der Waals surface area contributed by atoms with Gasteiger partial charge in [0.25, 0.3) is 0 Å². The number of aliphatic hydroxyl groups excluding tert-OH is 1. The van der Waals surface area contributed by atoms with Crippen molar-refractivity contribution in [1.82, 2.24) is 0 Å². The van der Waals surface area contributed by atoms with E-state index >= 15 is 0 Å². The predicted molar refractivity (Wildman–Crippen MR) is 175 cm³/mol. The van der Waals surface area contributed by atoms with E-state index < -0.39 is 60.2 Å². The van der Waals surface area contributed by atoms with Crippen LogP contribution >= 0.6 is 0 Å². The van der Waals surface area contributed by atoms with Gasteiger partial charge in [0.2, 0.25) is 0 Å². The van der Waals surface area contributed by atoms with E-state index in [1.54, 1.807) is 50.4 Å². The number of halogens is 10. The number of alkyl halides is 10. The summed E-state index contributed by atoms with van der Waals surface area (Å²) in [5.41, 5.74) is 1.25. The van der Waals surface area contributed by atoms with Crippen LogP contribution < -0.4 is 9.47 Å². The van der Waals surface area contributed by atoms with Crippen LogP contribution in [0.4, 0.5) is 43.9 Å². The van der Waals surface area contributed by atoms with Gasteiger partial charge in [-0.2, -0.15) is 43.9 Å². The molecule has 2 N–H and O–H groups in total. The third-order valence-electron chi connectivity index (χ3n) is 7.95. The summed E-state index contributed by atoms with van der Waals surface area (Å²) < 4.78 is 135. The third-order valence-corrected chi connectivity index (χ3v) is 7.95. The van der Waals surface area contributed by atoms with Gasteiger partial charge >= 0.3 is 36.1 Å². The molecule has 0 heterocycles. The molecule has 7 nitrogen and oxygen atoms in total. The van der Waals surface area contributed by atoms with Crippen LogP contribution in [0.1, 0.15) is 50.7 Å². The van der Waals surface area contributed by atoms with Crippen LogP contribution in [0.2, 0.25) is 0 Å². The molecule has 0 amide bonds. The van der Waals surface area contributed by atoms with Gasteiger partial charge in [-0.05, 0) is 84.6 Å². The number of carbonyl (C=O) groups excluding carboxylic acids is 1. The summed E-state index contributed by atoms with van der Waals surface area (Å²) in [7, 11) is 3.15. The summed E-state index contributed by atoms with van der Waals surface area (Å²) in [5.74, 6) is -12.1. The fourth-order valence-corrected chi connectivity index (χ4v) is 4.37. The first-order chi connectivity index (χ1) is 24.3. The molecule has 4 aromatic carbocycles. The van der Waals surface area contributed by atoms with Gasteiger partial charge in [-0.25, -0.2) is 0 Å². The van der Waals surface area contributed by atoms with Crippen molar-refractivity contribution in [3.8, 4) is 11.5 Å². The summed E-state index contributed by atoms with van der Waals surface area (Å²) in [6.45, 7) is 3.97. The molecule has 292 valence electrons. The molecule has 0 aromatic heterocycles. The summed E-state index contributed by atoms with van der Waals surface area (Å²) in [5, 5.41) is 20.6. The zero-order valence-electron chi connectivity index (χ0n) is 29.0. The maximum absolute atomic E-state index is 13.2. The van der Waals surface area contributed by atoms with Gasteiger partial charge in [0.1, 0.15) is 17.6 Å². The van der Waals surface area contributed by atoms with E-state index in [1.807, 2.05) is 36.4 Å². The van der Waals surface area contributed by atoms with Gasteiger partial charge in [0, 0.05) is 0 Å². The predicted octanol–water partition coefficient (Wildman–Crippen LogP) is 9.68. The van der Waals surface area contributed by atoms with Crippen molar-refractivity contribution < 1.29 is 77.9 Å². The van der Waals surface area contributed by atoms with Crippen molar-refractivity contribution >= 4 is 33.5 Å². The molecule has 0 radical (unpaired) electrons. The lowest BCUT2D eigenvalue weighted by atomic mass is 9.97. The number of esters is 1. The van der Waals surface area contributed by atoms with Gasteiger partial charge in [0.15, 0.2) is 6.10 Å². The van der Waals surface area contributed by atoms with Crippen molar-refractivity contribution in [3.63, 3.8) is 0 Å². The number of carboxylic acid groups (broad SMARTS) is 1. The molecule has 0 saturated heterocycles. The van der Waals surface area contributed by atoms with E-state index in [-0.39, 0.29) is 0 Å². The number of fused-ring (bicyclic) bond motifs is 2. The Labute approximate surface area is 297 Å². The minimum Gasteiger partial charge on any atom is -0.497 e. The first-order valence-electron chi connectivity index (χ1n) is 15.4. The summed E-state index contributed by atoms with van der Waals surface area (Å²) in [4.78, 5) is 22.9. The molecule has 4 rings (SSSR count). The monoisotopic (exact) mass is 770 g/mol. The second kappa shape index (κ2) is 17.4. The molecule has 0 aliphatic rings. The van der Waals surface area contributed by atoms with Gasteiger partial charge < -0.3 is 24.4 Å². The minimum absolute atomic E-state index is 0.382. The highest BCUT2D eigenvalue weighted by molar-refractivity contribution is 5.87. The molecule has 4 atom stereocenters. The molecule has 0 fully saturated rings. The molecule has 0 bridgehead atoms. The number of carbonyl (C=O) groups is 2. The van der Waals surface area contributed by atoms with Crippen molar-refractivity contribution in [1.29, 1.82) is 0 Å². The average molecular weight is 771 g/mol. The van der Waals surface area contributed by atoms with Gasteiger partial charge in [-0.3, -0.25) is 9.59 Å². The van der Waals surface area contributed by atoms with Gasteiger partial charge in [-0.15, -0.1) is 0 Å². The highest BCUT2D eigenvalue weighted by atomic mass is 19.4. The number of hydrogen-bond acceptors (Lipinski definition) is 6. The number of ether oxygens (including phenoxy) is 3. The second-order valence-electron chi connectivity index (χ2n) is 11.7. The summed E-state index contributed by atoms with van der Waals surface area (Å²) in [6, 6.07) is 21.6. The van der Waals surface area contributed by atoms with E-state index in [9.17, 15) is 53.5 Å². The summed E-state index contributed by atoms with van der Waals surface area (Å²) >= 11 is 0. The van der Waals surface area contributed by atoms with E-state index in [1.165, 1.54) is 14.0 Å². The molecule has 53 heavy (non-hydrogen) atoms. The molecule has 0 aliphatic carbocycles. The Morgan fingerprint density at radius 1 is 0.566 bits per heavy atom. The molecule has 0 spiro atoms. The van der Waals surface area contributed by atoms with E-state index in [0.717, 1.165) is 32.9 Å². The fraction of sp³-hybridized carbons (Fsp3) is 0.389. The molecule has 17 heteroatoms. The second-order valence-corrected chi connectivity index (χ2v) is 11.7. The molecular weight excluding hydrogens is 734 g/mol. The lowest BCUT2D eigenvalue weighted by Crippen LogP contribution is -2.47. The molecule has 0 unspecified atom stereocenters. The average Bonchev–Trinajstić information content (AvgIpc) is 3.09. The number of aliphatic hydroxyl groups is 1. The summed E-state index contributed by atoms with van der Waals surface area (Å²) in [6.07, 6.45) is -16.8. The number of rotatable bonds is 9. The molecule has 4 aromatic rings. The van der Waals surface area contributed by atoms with Crippen molar-refractivity contribution in [2.75, 3.05) is 14.2 Å². The maximum atomic E-state index is 13.2. The Bertz CT molecular complexity index is 1860. The highest BCUT2D eigenvalue weighted by Gasteiger charge is 2.63. The zero-order valence-corrected chi connectivity index (χ0v) is 29.0. The van der Waals surface area contributed by atoms with Crippen LogP contribution in [0.15, 0.2) is 72.8 Å². The topological polar surface area (TPSA) is 102 Å². The van der Waals surface area contributed by atoms with E-state index in [0.29, 0.717) is 25.2 Å². The van der Waals surface area contributed by atoms with Crippen LogP contribution in [0.25, 0.3) is 21.5 Å². The van der Waals surface area contributed by atoms with E-state index in [2.05, 4.69) is 4.74 Å². The maximum Gasteiger partial charge on any atom is 0.457 e. The van der Waals surface area contributed by atoms with Gasteiger partial charge in [-0.1, -0.05) is 48.5 Å². The van der Waals surface area contributed by atoms with Crippen LogP contribution in [0, 0.1) is 0 Å². The lowest BCUT2D eigenvalue weighted by Gasteiger charge is -2.26. The first kappa shape index (κ1) is 44.4. The van der Waals surface area contributed by atoms with Crippen LogP contribution in [0.3, 0.4) is 0 Å². The Morgan fingerprint density at radius 3 is 1.25 bits per heavy atom. The first-order valence-corrected chi connectivity index (χ1v) is 15.4. The van der Waals surface area contributed by atoms with Crippen LogP contribution in [0.5, 0.6) is 11.5 Å². The Kier molecular flexibility index (Phi) is 14.5. The quantitative estimate of drug-likeness (QED) is 0.129. The number of methoxy groups -OCH3 is 2. The number of hydrogen-bond donors (Lipinski definition) is 2. The smallest absolute Gasteiger partial charge is 0.457 e. The van der Waals surface area contributed by atoms with Crippen molar-refractivity contribution in [2.24, 2.45) is 0 Å². The number of benzene rings is 4. The Balaban J connectivity index is 0.000000308. The van der Waals surface area contributed by atoms with Crippen molar-refractivity contribution in [2.45, 2.75) is 75.9 Å². The SMILES string of the molecule is COc1ccc2cc([C@H](C)C(=O)O)ccc2c1.COc1ccc2cc([C@H](C)C(=O)O[C@@H](C)C(F)(F)C(F)(F)F)ccc2c1.C[C@H](O)C(F)(F)C(F)(F)F. The molecule has 0 aliphatic heterocycles. The highest BCUT2D eigenvalue weighted by Crippen LogP contribution is 2.40. The fourth-order valence-electron chi connectivity index (χ4n) is 4.37. The minimum atomic E-state index is -5.79. The Hall–Kier alpha value is -4.80. The normalized spacial score (nSPS) is 14.4. The van der Waals surface area contributed by atoms with Gasteiger partial charge in [0.05, 0.1) is 26.1 Å². The van der Waals surface area contributed by atoms with E-state index in [4.69, 9.17) is 19.7 Å². The third kappa shape index (κ3) is 11.1. The van der Waals surface area contributed by atoms with Crippen LogP contribution in [-0.4, -0.2) is 72.8 Å². The number of aliphatic carboxylic acids is 1. The number of carboxylic acids is 1.